The first-order chi connectivity index (χ1) is 9.56. The van der Waals surface area contributed by atoms with Crippen molar-refractivity contribution in [3.63, 3.8) is 0 Å². The molecule has 1 aliphatic rings. The number of hydrogen-bond acceptors (Lipinski definition) is 4. The second-order valence-electron chi connectivity index (χ2n) is 4.63. The first kappa shape index (κ1) is 13.4. The summed E-state index contributed by atoms with van der Waals surface area (Å²) in [5.41, 5.74) is 6.27. The normalized spacial score (nSPS) is 14.3. The maximum absolute atomic E-state index is 13.9. The van der Waals surface area contributed by atoms with Crippen molar-refractivity contribution in [1.82, 2.24) is 4.98 Å². The summed E-state index contributed by atoms with van der Waals surface area (Å²) in [4.78, 5) is 4.20. The number of nitrogens with one attached hydrogen (secondary N) is 1. The molecule has 104 valence electrons. The molecule has 1 aliphatic carbocycles. The minimum absolute atomic E-state index is 0.0270. The molecule has 3 N–H and O–H groups in total. The fraction of sp³-hybridized carbons (Fsp3) is 0.231. The molecule has 0 amide bonds. The molecule has 0 bridgehead atoms. The summed E-state index contributed by atoms with van der Waals surface area (Å²) in [6.07, 6.45) is 2.30. The van der Waals surface area contributed by atoms with Crippen LogP contribution in [0.15, 0.2) is 17.5 Å². The van der Waals surface area contributed by atoms with Crippen LogP contribution in [0.4, 0.5) is 19.6 Å². The number of nitrogens with two attached hydrogens (primary N) is 1. The third-order valence-corrected chi connectivity index (χ3v) is 4.10. The zero-order valence-corrected chi connectivity index (χ0v) is 12.0. The second kappa shape index (κ2) is 5.06. The molecule has 0 radical (unpaired) electrons. The van der Waals surface area contributed by atoms with Crippen LogP contribution < -0.4 is 11.1 Å². The van der Waals surface area contributed by atoms with Crippen LogP contribution in [-0.2, 0) is 0 Å². The third-order valence-electron chi connectivity index (χ3n) is 3.11. The van der Waals surface area contributed by atoms with Crippen molar-refractivity contribution >= 4 is 39.4 Å². The minimum Gasteiger partial charge on any atom is -0.389 e. The van der Waals surface area contributed by atoms with E-state index in [1.54, 1.807) is 0 Å². The Morgan fingerprint density at radius 1 is 1.35 bits per heavy atom. The van der Waals surface area contributed by atoms with Gasteiger partial charge in [0.2, 0.25) is 0 Å². The van der Waals surface area contributed by atoms with Crippen LogP contribution in [0.3, 0.4) is 0 Å². The van der Waals surface area contributed by atoms with Crippen molar-refractivity contribution in [2.45, 2.75) is 18.8 Å². The van der Waals surface area contributed by atoms with Gasteiger partial charge in [0, 0.05) is 16.9 Å². The van der Waals surface area contributed by atoms with Gasteiger partial charge in [-0.3, -0.25) is 0 Å². The molecule has 1 aromatic carbocycles. The lowest BCUT2D eigenvalue weighted by molar-refractivity contribution is 0.510. The Balaban J connectivity index is 1.86. The van der Waals surface area contributed by atoms with Gasteiger partial charge in [0.05, 0.1) is 11.4 Å². The maximum Gasteiger partial charge on any atom is 0.187 e. The average molecular weight is 311 g/mol. The van der Waals surface area contributed by atoms with Gasteiger partial charge in [0.15, 0.2) is 16.8 Å². The molecule has 1 aromatic heterocycles. The number of rotatable bonds is 4. The lowest BCUT2D eigenvalue weighted by Gasteiger charge is -2.08. The Morgan fingerprint density at radius 3 is 2.75 bits per heavy atom. The van der Waals surface area contributed by atoms with Crippen molar-refractivity contribution in [2.24, 2.45) is 5.73 Å². The van der Waals surface area contributed by atoms with Gasteiger partial charge in [-0.1, -0.05) is 12.2 Å². The number of benzene rings is 1. The van der Waals surface area contributed by atoms with Crippen LogP contribution in [0.2, 0.25) is 0 Å². The van der Waals surface area contributed by atoms with E-state index in [-0.39, 0.29) is 16.2 Å². The molecule has 1 saturated carbocycles. The summed E-state index contributed by atoms with van der Waals surface area (Å²) in [7, 11) is 0. The predicted molar refractivity (Wildman–Crippen MR) is 79.6 cm³/mol. The lowest BCUT2D eigenvalue weighted by atomic mass is 10.2. The van der Waals surface area contributed by atoms with Gasteiger partial charge >= 0.3 is 0 Å². The lowest BCUT2D eigenvalue weighted by Crippen LogP contribution is -2.13. The fourth-order valence-corrected chi connectivity index (χ4v) is 2.82. The van der Waals surface area contributed by atoms with E-state index in [1.165, 1.54) is 23.5 Å². The number of thiocarbonyl (C=S) groups is 1. The molecule has 7 heteroatoms. The predicted octanol–water partition coefficient (Wildman–Crippen LogP) is 3.68. The number of anilines is 2. The van der Waals surface area contributed by atoms with Crippen molar-refractivity contribution in [3.8, 4) is 0 Å². The average Bonchev–Trinajstić information content (AvgIpc) is 3.15. The molecule has 0 saturated heterocycles. The van der Waals surface area contributed by atoms with Gasteiger partial charge in [0.25, 0.3) is 0 Å². The van der Waals surface area contributed by atoms with E-state index in [4.69, 9.17) is 5.73 Å². The zero-order chi connectivity index (χ0) is 14.3. The number of aromatic nitrogens is 1. The second-order valence-corrected chi connectivity index (χ2v) is 5.93. The minimum atomic E-state index is -1.04. The van der Waals surface area contributed by atoms with Crippen LogP contribution in [0.5, 0.6) is 0 Å². The van der Waals surface area contributed by atoms with E-state index in [2.05, 4.69) is 22.5 Å². The van der Waals surface area contributed by atoms with Gasteiger partial charge in [-0.15, -0.1) is 11.3 Å². The molecular weight excluding hydrogens is 300 g/mol. The molecule has 1 fully saturated rings. The molecule has 0 atom stereocenters. The summed E-state index contributed by atoms with van der Waals surface area (Å²) in [5, 5.41) is 5.28. The summed E-state index contributed by atoms with van der Waals surface area (Å²) in [6.45, 7) is 0. The van der Waals surface area contributed by atoms with Crippen molar-refractivity contribution in [3.05, 3.63) is 40.4 Å². The van der Waals surface area contributed by atoms with Crippen LogP contribution in [0.1, 0.15) is 30.0 Å². The van der Waals surface area contributed by atoms with Crippen molar-refractivity contribution in [1.29, 1.82) is 0 Å². The summed E-state index contributed by atoms with van der Waals surface area (Å²) < 4.78 is 27.7. The standard InChI is InChI=1S/C13H11F2N3S2/c14-10-7(12(16)19)3-4-8(11(10)15)17-13-18-9(5-20-13)6-1-2-6/h3-6H,1-2H2,(H2,16,19)(H,17,18). The van der Waals surface area contributed by atoms with E-state index in [0.29, 0.717) is 11.0 Å². The van der Waals surface area contributed by atoms with Gasteiger partial charge in [-0.2, -0.15) is 0 Å². The van der Waals surface area contributed by atoms with Crippen LogP contribution in [0.25, 0.3) is 0 Å². The highest BCUT2D eigenvalue weighted by molar-refractivity contribution is 7.80. The Labute approximate surface area is 123 Å². The van der Waals surface area contributed by atoms with Crippen molar-refractivity contribution in [2.75, 3.05) is 5.32 Å². The molecule has 3 nitrogen and oxygen atoms in total. The smallest absolute Gasteiger partial charge is 0.187 e. The Morgan fingerprint density at radius 2 is 2.10 bits per heavy atom. The van der Waals surface area contributed by atoms with Gasteiger partial charge < -0.3 is 11.1 Å². The fourth-order valence-electron chi connectivity index (χ4n) is 1.86. The number of halogens is 2. The Kier molecular flexibility index (Phi) is 3.39. The maximum atomic E-state index is 13.9. The number of thiazole rings is 1. The molecule has 0 spiro atoms. The molecule has 0 aliphatic heterocycles. The van der Waals surface area contributed by atoms with Gasteiger partial charge in [0.1, 0.15) is 4.99 Å². The summed E-state index contributed by atoms with van der Waals surface area (Å²) >= 11 is 6.04. The van der Waals surface area contributed by atoms with E-state index < -0.39 is 11.6 Å². The first-order valence-corrected chi connectivity index (χ1v) is 7.35. The van der Waals surface area contributed by atoms with E-state index in [1.807, 2.05) is 5.38 Å². The topological polar surface area (TPSA) is 50.9 Å². The SMILES string of the molecule is NC(=S)c1ccc(Nc2nc(C3CC3)cs2)c(F)c1F. The summed E-state index contributed by atoms with van der Waals surface area (Å²) in [6, 6.07) is 2.77. The largest absolute Gasteiger partial charge is 0.389 e. The van der Waals surface area contributed by atoms with Crippen LogP contribution in [0, 0.1) is 11.6 Å². The third kappa shape index (κ3) is 2.51. The Hall–Kier alpha value is -1.60. The molecule has 3 rings (SSSR count). The number of nitrogens with zero attached hydrogens (tertiary/aromatic N) is 1. The van der Waals surface area contributed by atoms with Crippen LogP contribution in [-0.4, -0.2) is 9.97 Å². The molecular formula is C13H11F2N3S2. The molecule has 2 aromatic rings. The number of hydrogen-bond donors (Lipinski definition) is 2. The van der Waals surface area contributed by atoms with Crippen molar-refractivity contribution < 1.29 is 8.78 Å². The quantitative estimate of drug-likeness (QED) is 0.846. The zero-order valence-electron chi connectivity index (χ0n) is 10.3. The highest BCUT2D eigenvalue weighted by Gasteiger charge is 2.26. The first-order valence-electron chi connectivity index (χ1n) is 6.06. The summed E-state index contributed by atoms with van der Waals surface area (Å²) in [5.74, 6) is -1.51. The molecule has 0 unspecified atom stereocenters. The monoisotopic (exact) mass is 311 g/mol. The molecule has 1 heterocycles. The van der Waals surface area contributed by atoms with E-state index in [0.717, 1.165) is 18.5 Å². The Bertz CT molecular complexity index is 680. The van der Waals surface area contributed by atoms with E-state index >= 15 is 0 Å². The van der Waals surface area contributed by atoms with E-state index in [9.17, 15) is 8.78 Å². The highest BCUT2D eigenvalue weighted by atomic mass is 32.1. The van der Waals surface area contributed by atoms with Gasteiger partial charge in [-0.25, -0.2) is 13.8 Å². The van der Waals surface area contributed by atoms with Gasteiger partial charge in [-0.05, 0) is 25.0 Å². The highest BCUT2D eigenvalue weighted by Crippen LogP contribution is 2.41. The molecule has 20 heavy (non-hydrogen) atoms. The van der Waals surface area contributed by atoms with Crippen LogP contribution >= 0.6 is 23.6 Å².